The van der Waals surface area contributed by atoms with Crippen LogP contribution in [0.15, 0.2) is 23.1 Å². The Kier molecular flexibility index (Phi) is 5.15. The van der Waals surface area contributed by atoms with Gasteiger partial charge in [-0.1, -0.05) is 0 Å². The Balaban J connectivity index is 1.90. The van der Waals surface area contributed by atoms with E-state index in [4.69, 9.17) is 0 Å². The lowest BCUT2D eigenvalue weighted by atomic mass is 10.3. The molecule has 1 N–H and O–H groups in total. The number of hydrogen-bond acceptors (Lipinski definition) is 3. The highest BCUT2D eigenvalue weighted by Crippen LogP contribution is 2.23. The Bertz CT molecular complexity index is 448. The van der Waals surface area contributed by atoms with Gasteiger partial charge in [0.1, 0.15) is 11.6 Å². The molecule has 1 heterocycles. The van der Waals surface area contributed by atoms with E-state index < -0.39 is 11.6 Å². The fourth-order valence-corrected chi connectivity index (χ4v) is 2.78. The Morgan fingerprint density at radius 1 is 1.32 bits per heavy atom. The quantitative estimate of drug-likeness (QED) is 0.861. The largest absolute Gasteiger partial charge is 0.341 e. The molecule has 104 valence electrons. The van der Waals surface area contributed by atoms with Crippen LogP contribution in [0.25, 0.3) is 0 Å². The molecule has 0 aliphatic carbocycles. The first kappa shape index (κ1) is 14.3. The molecular weight excluding hydrogens is 270 g/mol. The minimum atomic E-state index is -0.490. The van der Waals surface area contributed by atoms with Crippen LogP contribution in [0.3, 0.4) is 0 Å². The second-order valence-electron chi connectivity index (χ2n) is 4.35. The summed E-state index contributed by atoms with van der Waals surface area (Å²) in [7, 11) is 0. The zero-order valence-corrected chi connectivity index (χ0v) is 11.3. The van der Waals surface area contributed by atoms with E-state index in [9.17, 15) is 13.6 Å². The molecule has 3 nitrogen and oxygen atoms in total. The maximum atomic E-state index is 13.4. The minimum absolute atomic E-state index is 0.0302. The lowest BCUT2D eigenvalue weighted by molar-refractivity contribution is -0.128. The zero-order chi connectivity index (χ0) is 13.7. The van der Waals surface area contributed by atoms with Gasteiger partial charge in [-0.05, 0) is 31.2 Å². The van der Waals surface area contributed by atoms with Crippen molar-refractivity contribution in [3.05, 3.63) is 29.8 Å². The Labute approximate surface area is 115 Å². The minimum Gasteiger partial charge on any atom is -0.341 e. The molecule has 1 aliphatic heterocycles. The monoisotopic (exact) mass is 286 g/mol. The summed E-state index contributed by atoms with van der Waals surface area (Å²) in [6, 6.07) is 3.27. The summed E-state index contributed by atoms with van der Waals surface area (Å²) in [6.45, 7) is 3.09. The van der Waals surface area contributed by atoms with Gasteiger partial charge in [0.25, 0.3) is 0 Å². The highest BCUT2D eigenvalue weighted by Gasteiger charge is 2.16. The van der Waals surface area contributed by atoms with Gasteiger partial charge in [0.05, 0.1) is 5.75 Å². The van der Waals surface area contributed by atoms with Crippen molar-refractivity contribution in [3.8, 4) is 0 Å². The Morgan fingerprint density at radius 2 is 2.16 bits per heavy atom. The summed E-state index contributed by atoms with van der Waals surface area (Å²) < 4.78 is 26.4. The molecule has 1 fully saturated rings. The van der Waals surface area contributed by atoms with Crippen molar-refractivity contribution in [2.45, 2.75) is 11.3 Å². The Hall–Kier alpha value is -1.14. The van der Waals surface area contributed by atoms with Crippen LogP contribution >= 0.6 is 11.8 Å². The maximum absolute atomic E-state index is 13.4. The lowest BCUT2D eigenvalue weighted by Gasteiger charge is -2.19. The number of benzene rings is 1. The molecule has 1 aromatic rings. The third kappa shape index (κ3) is 4.18. The van der Waals surface area contributed by atoms with E-state index in [1.54, 1.807) is 4.90 Å². The number of nitrogens with zero attached hydrogens (tertiary/aromatic N) is 1. The van der Waals surface area contributed by atoms with E-state index in [-0.39, 0.29) is 16.6 Å². The summed E-state index contributed by atoms with van der Waals surface area (Å²) >= 11 is 1.04. The number of carbonyl (C=O) groups is 1. The molecule has 0 saturated carbocycles. The first-order chi connectivity index (χ1) is 9.16. The fourth-order valence-electron chi connectivity index (χ4n) is 1.91. The smallest absolute Gasteiger partial charge is 0.232 e. The highest BCUT2D eigenvalue weighted by molar-refractivity contribution is 8.00. The van der Waals surface area contributed by atoms with Crippen LogP contribution in [0.2, 0.25) is 0 Å². The van der Waals surface area contributed by atoms with Gasteiger partial charge in [-0.25, -0.2) is 8.78 Å². The molecule has 1 aliphatic rings. The average Bonchev–Trinajstić information content (AvgIpc) is 2.68. The van der Waals surface area contributed by atoms with E-state index in [0.29, 0.717) is 6.54 Å². The van der Waals surface area contributed by atoms with Gasteiger partial charge in [-0.2, -0.15) is 0 Å². The summed E-state index contributed by atoms with van der Waals surface area (Å²) in [4.78, 5) is 13.9. The topological polar surface area (TPSA) is 32.3 Å². The molecule has 19 heavy (non-hydrogen) atoms. The van der Waals surface area contributed by atoms with Crippen molar-refractivity contribution in [3.63, 3.8) is 0 Å². The fraction of sp³-hybridized carbons (Fsp3) is 0.462. The van der Waals surface area contributed by atoms with Crippen molar-refractivity contribution in [2.75, 3.05) is 31.9 Å². The van der Waals surface area contributed by atoms with Gasteiger partial charge in [0, 0.05) is 24.5 Å². The maximum Gasteiger partial charge on any atom is 0.232 e. The van der Waals surface area contributed by atoms with Crippen molar-refractivity contribution in [1.82, 2.24) is 10.2 Å². The van der Waals surface area contributed by atoms with E-state index in [2.05, 4.69) is 5.32 Å². The SMILES string of the molecule is O=C(CSc1cc(F)ccc1F)N1CCCNCC1. The third-order valence-corrected chi connectivity index (χ3v) is 3.95. The molecule has 2 rings (SSSR count). The highest BCUT2D eigenvalue weighted by atomic mass is 32.2. The molecule has 1 amide bonds. The molecule has 0 aromatic heterocycles. The lowest BCUT2D eigenvalue weighted by Crippen LogP contribution is -2.35. The summed E-state index contributed by atoms with van der Waals surface area (Å²) in [5, 5.41) is 3.21. The number of hydrogen-bond donors (Lipinski definition) is 1. The molecule has 0 bridgehead atoms. The van der Waals surface area contributed by atoms with Crippen LogP contribution in [-0.4, -0.2) is 42.7 Å². The molecule has 0 spiro atoms. The van der Waals surface area contributed by atoms with Gasteiger partial charge in [-0.3, -0.25) is 4.79 Å². The van der Waals surface area contributed by atoms with Crippen LogP contribution in [-0.2, 0) is 4.79 Å². The summed E-state index contributed by atoms with van der Waals surface area (Å²) in [6.07, 6.45) is 0.921. The average molecular weight is 286 g/mol. The van der Waals surface area contributed by atoms with E-state index in [1.165, 1.54) is 0 Å². The molecule has 1 aromatic carbocycles. The van der Waals surface area contributed by atoms with Gasteiger partial charge < -0.3 is 10.2 Å². The second kappa shape index (κ2) is 6.86. The normalized spacial score (nSPS) is 16.2. The van der Waals surface area contributed by atoms with Crippen LogP contribution in [0.4, 0.5) is 8.78 Å². The predicted molar refractivity (Wildman–Crippen MR) is 71.1 cm³/mol. The number of rotatable bonds is 3. The number of thioether (sulfide) groups is 1. The van der Waals surface area contributed by atoms with Crippen LogP contribution in [0.1, 0.15) is 6.42 Å². The Morgan fingerprint density at radius 3 is 3.00 bits per heavy atom. The first-order valence-electron chi connectivity index (χ1n) is 6.23. The molecule has 1 saturated heterocycles. The van der Waals surface area contributed by atoms with E-state index in [1.807, 2.05) is 0 Å². The number of carbonyl (C=O) groups excluding carboxylic acids is 1. The first-order valence-corrected chi connectivity index (χ1v) is 7.22. The van der Waals surface area contributed by atoms with Crippen molar-refractivity contribution in [2.24, 2.45) is 0 Å². The molecule has 0 atom stereocenters. The summed E-state index contributed by atoms with van der Waals surface area (Å²) in [5.74, 6) is -0.871. The molecule has 0 unspecified atom stereocenters. The van der Waals surface area contributed by atoms with Crippen LogP contribution in [0.5, 0.6) is 0 Å². The standard InChI is InChI=1S/C13H16F2N2OS/c14-10-2-3-11(15)12(8-10)19-9-13(18)17-6-1-4-16-5-7-17/h2-3,8,16H,1,4-7,9H2. The predicted octanol–water partition coefficient (Wildman–Crippen LogP) is 1.88. The van der Waals surface area contributed by atoms with Crippen LogP contribution < -0.4 is 5.32 Å². The van der Waals surface area contributed by atoms with Crippen LogP contribution in [0, 0.1) is 11.6 Å². The van der Waals surface area contributed by atoms with Gasteiger partial charge in [0.2, 0.25) is 5.91 Å². The van der Waals surface area contributed by atoms with Gasteiger partial charge >= 0.3 is 0 Å². The third-order valence-electron chi connectivity index (χ3n) is 2.94. The second-order valence-corrected chi connectivity index (χ2v) is 5.36. The van der Waals surface area contributed by atoms with E-state index in [0.717, 1.165) is 56.0 Å². The molecular formula is C13H16F2N2OS. The molecule has 0 radical (unpaired) electrons. The number of amides is 1. The van der Waals surface area contributed by atoms with Crippen molar-refractivity contribution < 1.29 is 13.6 Å². The number of halogens is 2. The van der Waals surface area contributed by atoms with Gasteiger partial charge in [-0.15, -0.1) is 11.8 Å². The van der Waals surface area contributed by atoms with Crippen molar-refractivity contribution >= 4 is 17.7 Å². The number of nitrogens with one attached hydrogen (secondary N) is 1. The molecule has 6 heteroatoms. The summed E-state index contributed by atoms with van der Waals surface area (Å²) in [5.41, 5.74) is 0. The van der Waals surface area contributed by atoms with Crippen molar-refractivity contribution in [1.29, 1.82) is 0 Å². The van der Waals surface area contributed by atoms with Gasteiger partial charge in [0.15, 0.2) is 0 Å². The van der Waals surface area contributed by atoms with E-state index >= 15 is 0 Å². The zero-order valence-electron chi connectivity index (χ0n) is 10.5.